The van der Waals surface area contributed by atoms with Crippen LogP contribution in [-0.4, -0.2) is 215 Å². The zero-order valence-electron chi connectivity index (χ0n) is 53.6. The average Bonchev–Trinajstić information content (AvgIpc) is 1.75. The van der Waals surface area contributed by atoms with Gasteiger partial charge >= 0.3 is 6.18 Å². The molecule has 0 unspecified atom stereocenters. The van der Waals surface area contributed by atoms with Crippen LogP contribution in [0.25, 0.3) is 0 Å². The average molecular weight is 1280 g/mol. The fraction of sp³-hybridized carbons (Fsp3) is 0.641. The SMILES string of the molecule is CC[C@H](C)[C@@H]1NC(=O)[C@@H]2CCCCN2C(=O)C[C@@H](C)NC(=O)[C@H](CC(C)C)N(C)C(=O)C2(CCCC2)NC(=O)[C@@H]2CCCN2C(=O)[C@H](CCc2ccc(C(F)(F)F)cc2)NC(=O)CN(C)C(=O)[C@H](Cc2ccc(Cl)cc2)N(C)C(=O)CN(C)C(=O)CN(C)C1=O. The van der Waals surface area contributed by atoms with Crippen molar-refractivity contribution in [1.29, 1.82) is 0 Å². The van der Waals surface area contributed by atoms with E-state index in [0.717, 1.165) is 31.7 Å². The van der Waals surface area contributed by atoms with Crippen molar-refractivity contribution in [2.75, 3.05) is 68.0 Å². The number of rotatable bonds is 9. The van der Waals surface area contributed by atoms with E-state index in [9.17, 15) is 61.1 Å². The lowest BCUT2D eigenvalue weighted by Crippen LogP contribution is -2.64. The monoisotopic (exact) mass is 1280 g/mol. The van der Waals surface area contributed by atoms with Gasteiger partial charge in [0.1, 0.15) is 41.8 Å². The lowest BCUT2D eigenvalue weighted by atomic mass is 9.92. The summed E-state index contributed by atoms with van der Waals surface area (Å²) in [6.45, 7) is 7.60. The standard InChI is InChI=1S/C64H91ClF3N11O11/c1-11-40(4)55-61(89)75(8)37-53(82)73(6)38-54(83)76(9)50(35-43-21-26-45(65)27-22-43)60(88)74(7)36-51(80)70-46(28-23-42-19-24-44(25-20-42)64(66,67)68)59(87)79-32-16-18-48(79)58(86)72-63(29-13-14-30-63)62(90)77(10)49(33-39(2)3)57(85)69-41(5)34-52(81)78-31-15-12-17-47(78)56(84)71-55/h19-22,24-27,39-41,46-50,55H,11-18,23,28-38H2,1-10H3,(H,69,85)(H,70,80)(H,71,84)(H,72,86)/t40-,41+,46-,47-,48-,49-,50-,55-/m0/s1. The van der Waals surface area contributed by atoms with E-state index in [1.807, 2.05) is 20.8 Å². The summed E-state index contributed by atoms with van der Waals surface area (Å²) in [5, 5.41) is 12.0. The summed E-state index contributed by atoms with van der Waals surface area (Å²) in [6, 6.07) is 3.10. The molecule has 4 fully saturated rings. The number of nitrogens with zero attached hydrogens (tertiary/aromatic N) is 7. The van der Waals surface area contributed by atoms with Crippen molar-refractivity contribution in [2.45, 2.75) is 185 Å². The van der Waals surface area contributed by atoms with Crippen molar-refractivity contribution in [3.05, 3.63) is 70.2 Å². The zero-order valence-corrected chi connectivity index (χ0v) is 54.3. The number of hydrogen-bond acceptors (Lipinski definition) is 11. The van der Waals surface area contributed by atoms with E-state index in [-0.39, 0.29) is 70.4 Å². The molecule has 496 valence electrons. The highest BCUT2D eigenvalue weighted by Crippen LogP contribution is 2.34. The number of alkyl halides is 3. The molecule has 22 nitrogen and oxygen atoms in total. The highest BCUT2D eigenvalue weighted by molar-refractivity contribution is 6.30. The number of fused-ring (bicyclic) bond motifs is 2. The molecule has 90 heavy (non-hydrogen) atoms. The predicted octanol–water partition coefficient (Wildman–Crippen LogP) is 4.33. The van der Waals surface area contributed by atoms with Gasteiger partial charge < -0.3 is 55.6 Å². The van der Waals surface area contributed by atoms with Crippen molar-refractivity contribution in [1.82, 2.24) is 55.6 Å². The van der Waals surface area contributed by atoms with Gasteiger partial charge in [-0.1, -0.05) is 82.8 Å². The molecular weight excluding hydrogens is 1190 g/mol. The van der Waals surface area contributed by atoms with E-state index >= 15 is 4.79 Å². The summed E-state index contributed by atoms with van der Waals surface area (Å²) in [4.78, 5) is 168. The van der Waals surface area contributed by atoms with Crippen LogP contribution < -0.4 is 21.3 Å². The minimum absolute atomic E-state index is 0.00618. The van der Waals surface area contributed by atoms with Gasteiger partial charge in [-0.2, -0.15) is 13.2 Å². The lowest BCUT2D eigenvalue weighted by Gasteiger charge is -2.39. The van der Waals surface area contributed by atoms with E-state index in [4.69, 9.17) is 11.6 Å². The Hall–Kier alpha value is -7.31. The lowest BCUT2D eigenvalue weighted by molar-refractivity contribution is -0.149. The smallest absolute Gasteiger partial charge is 0.351 e. The quantitative estimate of drug-likeness (QED) is 0.275. The maximum atomic E-state index is 15.0. The summed E-state index contributed by atoms with van der Waals surface area (Å²) >= 11 is 6.20. The molecule has 26 heteroatoms. The third-order valence-corrected chi connectivity index (χ3v) is 18.3. The van der Waals surface area contributed by atoms with Crippen LogP contribution in [0.15, 0.2) is 48.5 Å². The van der Waals surface area contributed by atoms with E-state index < -0.39 is 150 Å². The molecule has 2 aromatic carbocycles. The van der Waals surface area contributed by atoms with Gasteiger partial charge in [0, 0.05) is 72.2 Å². The first-order chi connectivity index (χ1) is 42.3. The molecule has 0 bridgehead atoms. The summed E-state index contributed by atoms with van der Waals surface area (Å²) < 4.78 is 40.8. The third kappa shape index (κ3) is 18.4. The van der Waals surface area contributed by atoms with Crippen molar-refractivity contribution >= 4 is 76.6 Å². The topological polar surface area (TPSA) is 259 Å². The Bertz CT molecular complexity index is 2930. The molecule has 0 radical (unpaired) electrons. The molecule has 2 aromatic rings. The van der Waals surface area contributed by atoms with Crippen molar-refractivity contribution in [2.24, 2.45) is 11.8 Å². The highest BCUT2D eigenvalue weighted by atomic mass is 35.5. The maximum Gasteiger partial charge on any atom is 0.416 e. The Morgan fingerprint density at radius 3 is 1.82 bits per heavy atom. The molecule has 0 aromatic heterocycles. The number of benzene rings is 2. The molecule has 1 saturated carbocycles. The van der Waals surface area contributed by atoms with Gasteiger partial charge in [-0.3, -0.25) is 52.7 Å². The Labute approximate surface area is 531 Å². The Balaban J connectivity index is 1.36. The number of nitrogens with one attached hydrogen (secondary N) is 4. The predicted molar refractivity (Wildman–Crippen MR) is 329 cm³/mol. The second-order valence-corrected chi connectivity index (χ2v) is 25.9. The number of aryl methyl sites for hydroxylation is 1. The van der Waals surface area contributed by atoms with Crippen molar-refractivity contribution in [3.8, 4) is 0 Å². The normalized spacial score (nSPS) is 25.7. The zero-order chi connectivity index (χ0) is 66.5. The summed E-state index contributed by atoms with van der Waals surface area (Å²) in [7, 11) is 6.92. The van der Waals surface area contributed by atoms with Gasteiger partial charge in [-0.05, 0) is 118 Å². The van der Waals surface area contributed by atoms with Gasteiger partial charge in [0.15, 0.2) is 0 Å². The number of carbonyl (C=O) groups excluding carboxylic acids is 11. The molecule has 8 atom stereocenters. The van der Waals surface area contributed by atoms with Gasteiger partial charge in [-0.15, -0.1) is 0 Å². The number of hydrogen-bond donors (Lipinski definition) is 4. The number of amides is 11. The molecule has 6 rings (SSSR count). The van der Waals surface area contributed by atoms with E-state index in [2.05, 4.69) is 21.3 Å². The Morgan fingerprint density at radius 1 is 0.611 bits per heavy atom. The van der Waals surface area contributed by atoms with E-state index in [1.165, 1.54) is 62.1 Å². The first-order valence-corrected chi connectivity index (χ1v) is 31.7. The van der Waals surface area contributed by atoms with Crippen LogP contribution in [0.5, 0.6) is 0 Å². The number of piperidine rings is 1. The second-order valence-electron chi connectivity index (χ2n) is 25.5. The Kier molecular flexibility index (Phi) is 25.2. The molecular formula is C64H91ClF3N11O11. The third-order valence-electron chi connectivity index (χ3n) is 18.1. The number of halogens is 4. The van der Waals surface area contributed by atoms with Crippen LogP contribution in [-0.2, 0) is 71.8 Å². The largest absolute Gasteiger partial charge is 0.416 e. The molecule has 4 aliphatic rings. The first kappa shape index (κ1) is 71.8. The molecule has 4 N–H and O–H groups in total. The summed E-state index contributed by atoms with van der Waals surface area (Å²) in [5.41, 5.74) is -1.39. The van der Waals surface area contributed by atoms with Crippen LogP contribution in [0.3, 0.4) is 0 Å². The van der Waals surface area contributed by atoms with E-state index in [0.29, 0.717) is 61.1 Å². The van der Waals surface area contributed by atoms with Gasteiger partial charge in [0.2, 0.25) is 65.0 Å². The highest BCUT2D eigenvalue weighted by Gasteiger charge is 2.49. The van der Waals surface area contributed by atoms with Crippen LogP contribution in [0.2, 0.25) is 5.02 Å². The molecule has 3 aliphatic heterocycles. The van der Waals surface area contributed by atoms with Crippen molar-refractivity contribution < 1.29 is 65.9 Å². The number of likely N-dealkylation sites (N-methyl/N-ethyl adjacent to an activating group) is 5. The van der Waals surface area contributed by atoms with Crippen LogP contribution in [0.1, 0.15) is 135 Å². The second kappa shape index (κ2) is 31.6. The van der Waals surface area contributed by atoms with E-state index in [1.54, 1.807) is 38.1 Å². The minimum Gasteiger partial charge on any atom is -0.351 e. The van der Waals surface area contributed by atoms with Gasteiger partial charge in [-0.25, -0.2) is 0 Å². The Morgan fingerprint density at radius 2 is 1.20 bits per heavy atom. The van der Waals surface area contributed by atoms with Crippen LogP contribution >= 0.6 is 11.6 Å². The van der Waals surface area contributed by atoms with Gasteiger partial charge in [0.05, 0.1) is 25.2 Å². The van der Waals surface area contributed by atoms with Crippen LogP contribution in [0.4, 0.5) is 13.2 Å². The fourth-order valence-corrected chi connectivity index (χ4v) is 12.6. The molecule has 3 heterocycles. The van der Waals surface area contributed by atoms with Crippen LogP contribution in [0, 0.1) is 11.8 Å². The maximum absolute atomic E-state index is 15.0. The summed E-state index contributed by atoms with van der Waals surface area (Å²) in [5.74, 6) is -7.44. The van der Waals surface area contributed by atoms with Crippen molar-refractivity contribution in [3.63, 3.8) is 0 Å². The first-order valence-electron chi connectivity index (χ1n) is 31.4. The number of carbonyl (C=O) groups is 11. The minimum atomic E-state index is -4.62. The summed E-state index contributed by atoms with van der Waals surface area (Å²) in [6.07, 6.45) is -0.844. The molecule has 11 amide bonds. The molecule has 3 saturated heterocycles. The molecule has 1 aliphatic carbocycles. The fourth-order valence-electron chi connectivity index (χ4n) is 12.4. The van der Waals surface area contributed by atoms with Gasteiger partial charge in [0.25, 0.3) is 0 Å². The molecule has 1 spiro atoms.